The molecule has 3 rings (SSSR count). The van der Waals surface area contributed by atoms with Crippen molar-refractivity contribution in [2.75, 3.05) is 0 Å². The molecular formula is C21H20FNO. The first-order valence-corrected chi connectivity index (χ1v) is 8.15. The average Bonchev–Trinajstić information content (AvgIpc) is 2.62. The van der Waals surface area contributed by atoms with Crippen LogP contribution in [0, 0.1) is 5.82 Å². The summed E-state index contributed by atoms with van der Waals surface area (Å²) in [6.07, 6.45) is 1.87. The van der Waals surface area contributed by atoms with E-state index in [1.165, 1.54) is 6.07 Å². The Labute approximate surface area is 141 Å². The van der Waals surface area contributed by atoms with Gasteiger partial charge in [0.15, 0.2) is 0 Å². The summed E-state index contributed by atoms with van der Waals surface area (Å²) in [5, 5.41) is 0. The number of nitrogens with zero attached hydrogens (tertiary/aromatic N) is 1. The minimum atomic E-state index is -0.177. The zero-order chi connectivity index (χ0) is 17.1. The number of benzene rings is 2. The van der Waals surface area contributed by atoms with Crippen molar-refractivity contribution < 1.29 is 4.39 Å². The van der Waals surface area contributed by atoms with Crippen LogP contribution >= 0.6 is 0 Å². The van der Waals surface area contributed by atoms with Crippen LogP contribution in [0.2, 0.25) is 0 Å². The molecule has 3 heteroatoms. The van der Waals surface area contributed by atoms with E-state index < -0.39 is 0 Å². The molecule has 0 saturated heterocycles. The molecule has 0 spiro atoms. The predicted octanol–water partition coefficient (Wildman–Crippen LogP) is 4.83. The molecule has 24 heavy (non-hydrogen) atoms. The minimum absolute atomic E-state index is 0.00560. The van der Waals surface area contributed by atoms with E-state index in [0.717, 1.165) is 16.7 Å². The Morgan fingerprint density at radius 1 is 0.958 bits per heavy atom. The summed E-state index contributed by atoms with van der Waals surface area (Å²) < 4.78 is 15.6. The molecule has 1 heterocycles. The monoisotopic (exact) mass is 321 g/mol. The van der Waals surface area contributed by atoms with Crippen LogP contribution in [0.25, 0.3) is 11.1 Å². The lowest BCUT2D eigenvalue weighted by Crippen LogP contribution is -2.16. The third-order valence-corrected chi connectivity index (χ3v) is 4.44. The van der Waals surface area contributed by atoms with Gasteiger partial charge in [0.05, 0.1) is 0 Å². The molecule has 0 radical (unpaired) electrons. The smallest absolute Gasteiger partial charge is 0.250 e. The maximum atomic E-state index is 14.0. The quantitative estimate of drug-likeness (QED) is 0.675. The van der Waals surface area contributed by atoms with Crippen molar-refractivity contribution in [1.29, 1.82) is 0 Å². The summed E-state index contributed by atoms with van der Waals surface area (Å²) in [4.78, 5) is 11.7. The Kier molecular flexibility index (Phi) is 4.61. The summed E-state index contributed by atoms with van der Waals surface area (Å²) in [5.74, 6) is -0.186. The van der Waals surface area contributed by atoms with Crippen LogP contribution in [0.4, 0.5) is 4.39 Å². The van der Waals surface area contributed by atoms with Gasteiger partial charge in [0.25, 0.3) is 5.56 Å². The first-order valence-electron chi connectivity index (χ1n) is 8.15. The summed E-state index contributed by atoms with van der Waals surface area (Å²) in [6, 6.07) is 18.4. The van der Waals surface area contributed by atoms with Gasteiger partial charge >= 0.3 is 0 Å². The van der Waals surface area contributed by atoms with E-state index in [9.17, 15) is 9.18 Å². The maximum absolute atomic E-state index is 14.0. The highest BCUT2D eigenvalue weighted by molar-refractivity contribution is 5.62. The second-order valence-electron chi connectivity index (χ2n) is 5.91. The lowest BCUT2D eigenvalue weighted by atomic mass is 9.91. The predicted molar refractivity (Wildman–Crippen MR) is 95.7 cm³/mol. The molecule has 0 N–H and O–H groups in total. The molecule has 2 aromatic carbocycles. The van der Waals surface area contributed by atoms with Crippen molar-refractivity contribution in [3.8, 4) is 11.1 Å². The highest BCUT2D eigenvalue weighted by Crippen LogP contribution is 2.28. The Morgan fingerprint density at radius 3 is 2.29 bits per heavy atom. The van der Waals surface area contributed by atoms with Crippen molar-refractivity contribution >= 4 is 0 Å². The lowest BCUT2D eigenvalue weighted by molar-refractivity contribution is 0.603. The van der Waals surface area contributed by atoms with Gasteiger partial charge in [-0.1, -0.05) is 49.4 Å². The number of aromatic nitrogens is 1. The third kappa shape index (κ3) is 3.16. The van der Waals surface area contributed by atoms with E-state index in [1.807, 2.05) is 62.5 Å². The Hall–Kier alpha value is -2.68. The summed E-state index contributed by atoms with van der Waals surface area (Å²) in [7, 11) is 0. The van der Waals surface area contributed by atoms with E-state index in [-0.39, 0.29) is 17.3 Å². The molecule has 0 aliphatic rings. The van der Waals surface area contributed by atoms with Crippen LogP contribution < -0.4 is 5.56 Å². The fourth-order valence-electron chi connectivity index (χ4n) is 2.92. The fraction of sp³-hybridized carbons (Fsp3) is 0.190. The zero-order valence-electron chi connectivity index (χ0n) is 13.9. The second-order valence-corrected chi connectivity index (χ2v) is 5.91. The SMILES string of the molecule is CCn1cc(-c2ccc(C(C)c3ccccc3F)cc2)ccc1=O. The summed E-state index contributed by atoms with van der Waals surface area (Å²) in [6.45, 7) is 4.60. The van der Waals surface area contributed by atoms with Crippen LogP contribution in [-0.4, -0.2) is 4.57 Å². The molecule has 0 saturated carbocycles. The molecule has 1 aromatic heterocycles. The molecule has 0 amide bonds. The van der Waals surface area contributed by atoms with Crippen molar-refractivity contribution in [3.63, 3.8) is 0 Å². The summed E-state index contributed by atoms with van der Waals surface area (Å²) in [5.41, 5.74) is 3.81. The van der Waals surface area contributed by atoms with Gasteiger partial charge < -0.3 is 4.57 Å². The zero-order valence-corrected chi connectivity index (χ0v) is 13.9. The van der Waals surface area contributed by atoms with Gasteiger partial charge in [-0.15, -0.1) is 0 Å². The maximum Gasteiger partial charge on any atom is 0.250 e. The molecule has 1 unspecified atom stereocenters. The molecule has 2 nitrogen and oxygen atoms in total. The number of halogens is 1. The van der Waals surface area contributed by atoms with Crippen LogP contribution in [0.1, 0.15) is 30.9 Å². The molecule has 1 atom stereocenters. The molecule has 0 fully saturated rings. The van der Waals surface area contributed by atoms with Gasteiger partial charge in [-0.05, 0) is 41.3 Å². The van der Waals surface area contributed by atoms with Gasteiger partial charge in [0, 0.05) is 24.7 Å². The Bertz CT molecular complexity index is 896. The molecule has 0 bridgehead atoms. The van der Waals surface area contributed by atoms with Crippen molar-refractivity contribution in [3.05, 3.63) is 94.2 Å². The Balaban J connectivity index is 1.91. The third-order valence-electron chi connectivity index (χ3n) is 4.44. The van der Waals surface area contributed by atoms with Gasteiger partial charge in [-0.2, -0.15) is 0 Å². The highest BCUT2D eigenvalue weighted by Gasteiger charge is 2.12. The largest absolute Gasteiger partial charge is 0.315 e. The van der Waals surface area contributed by atoms with Crippen molar-refractivity contribution in [1.82, 2.24) is 4.57 Å². The molecule has 122 valence electrons. The number of hydrogen-bond donors (Lipinski definition) is 0. The molecule has 0 aliphatic carbocycles. The van der Waals surface area contributed by atoms with Gasteiger partial charge in [0.2, 0.25) is 0 Å². The minimum Gasteiger partial charge on any atom is -0.315 e. The fourth-order valence-corrected chi connectivity index (χ4v) is 2.92. The van der Waals surface area contributed by atoms with Gasteiger partial charge in [-0.3, -0.25) is 4.79 Å². The van der Waals surface area contributed by atoms with E-state index in [1.54, 1.807) is 16.7 Å². The molecule has 0 aliphatic heterocycles. The standard InChI is InChI=1S/C21H20FNO/c1-3-23-14-18(12-13-21(23)24)17-10-8-16(9-11-17)15(2)19-6-4-5-7-20(19)22/h4-15H,3H2,1-2H3. The van der Waals surface area contributed by atoms with Crippen molar-refractivity contribution in [2.45, 2.75) is 26.3 Å². The average molecular weight is 321 g/mol. The lowest BCUT2D eigenvalue weighted by Gasteiger charge is -2.14. The van der Waals surface area contributed by atoms with Crippen molar-refractivity contribution in [2.24, 2.45) is 0 Å². The van der Waals surface area contributed by atoms with E-state index in [2.05, 4.69) is 0 Å². The summed E-state index contributed by atoms with van der Waals surface area (Å²) >= 11 is 0. The topological polar surface area (TPSA) is 22.0 Å². The number of hydrogen-bond acceptors (Lipinski definition) is 1. The van der Waals surface area contributed by atoms with E-state index in [0.29, 0.717) is 12.1 Å². The van der Waals surface area contributed by atoms with Crippen LogP contribution in [0.3, 0.4) is 0 Å². The van der Waals surface area contributed by atoms with Crippen LogP contribution in [-0.2, 0) is 6.54 Å². The Morgan fingerprint density at radius 2 is 1.62 bits per heavy atom. The molecule has 3 aromatic rings. The first-order chi connectivity index (χ1) is 11.6. The normalized spacial score (nSPS) is 12.1. The van der Waals surface area contributed by atoms with Gasteiger partial charge in [0.1, 0.15) is 5.82 Å². The van der Waals surface area contributed by atoms with E-state index >= 15 is 0 Å². The number of rotatable bonds is 4. The van der Waals surface area contributed by atoms with Crippen LogP contribution in [0.5, 0.6) is 0 Å². The first kappa shape index (κ1) is 16.2. The van der Waals surface area contributed by atoms with Gasteiger partial charge in [-0.25, -0.2) is 4.39 Å². The molecular weight excluding hydrogens is 301 g/mol. The highest BCUT2D eigenvalue weighted by atomic mass is 19.1. The number of aryl methyl sites for hydroxylation is 1. The van der Waals surface area contributed by atoms with Crippen LogP contribution in [0.15, 0.2) is 71.7 Å². The second kappa shape index (κ2) is 6.83. The number of pyridine rings is 1. The van der Waals surface area contributed by atoms with E-state index in [4.69, 9.17) is 0 Å².